The van der Waals surface area contributed by atoms with E-state index in [1.165, 1.54) is 33.2 Å². The second-order valence-corrected chi connectivity index (χ2v) is 8.37. The Kier molecular flexibility index (Phi) is 6.41. The molecule has 0 saturated carbocycles. The number of hydrogen-bond donors (Lipinski definition) is 0. The van der Waals surface area contributed by atoms with Gasteiger partial charge in [-0.3, -0.25) is 4.79 Å². The molecule has 1 aliphatic carbocycles. The van der Waals surface area contributed by atoms with Gasteiger partial charge < -0.3 is 4.74 Å². The van der Waals surface area contributed by atoms with Gasteiger partial charge in [0, 0.05) is 26.6 Å². The number of allylic oxidation sites excluding steroid dienone is 4. The largest absolute Gasteiger partial charge is 0.383 e. The molecule has 0 N–H and O–H groups in total. The predicted molar refractivity (Wildman–Crippen MR) is 88.4 cm³/mol. The first-order valence-corrected chi connectivity index (χ1v) is 8.68. The molecule has 5 nitrogen and oxygen atoms in total. The molecule has 0 aromatic carbocycles. The lowest BCUT2D eigenvalue weighted by Gasteiger charge is -2.37. The first-order valence-electron chi connectivity index (χ1n) is 6.48. The minimum absolute atomic E-state index is 0.0756. The van der Waals surface area contributed by atoms with Crippen LogP contribution in [0.15, 0.2) is 35.4 Å². The van der Waals surface area contributed by atoms with Crippen LogP contribution in [-0.4, -0.2) is 50.0 Å². The standard InChI is InChI=1S/C14H19Cl2NO4S/c1-10(11(2)18)12-6-5-7-13(15)14(12,16)22(19,20)17(3)8-9-21-4/h5-7,12H,1,8-9H2,2-4H3. The van der Waals surface area contributed by atoms with E-state index in [4.69, 9.17) is 27.9 Å². The number of sulfonamides is 1. The smallest absolute Gasteiger partial charge is 0.239 e. The lowest BCUT2D eigenvalue weighted by molar-refractivity contribution is -0.114. The van der Waals surface area contributed by atoms with Crippen molar-refractivity contribution in [3.63, 3.8) is 0 Å². The SMILES string of the molecule is C=C(C(C)=O)C1C=CC=C(Cl)C1(Cl)S(=O)(=O)N(C)CCOC. The number of alkyl halides is 1. The van der Waals surface area contributed by atoms with E-state index in [2.05, 4.69) is 6.58 Å². The maximum absolute atomic E-state index is 12.9. The van der Waals surface area contributed by atoms with Crippen molar-refractivity contribution >= 4 is 39.0 Å². The number of methoxy groups -OCH3 is 1. The van der Waals surface area contributed by atoms with Gasteiger partial charge in [-0.05, 0) is 18.6 Å². The maximum Gasteiger partial charge on any atom is 0.239 e. The van der Waals surface area contributed by atoms with Gasteiger partial charge in [0.05, 0.1) is 11.6 Å². The van der Waals surface area contributed by atoms with Crippen molar-refractivity contribution < 1.29 is 17.9 Å². The van der Waals surface area contributed by atoms with Crippen LogP contribution in [0.1, 0.15) is 6.92 Å². The molecule has 0 spiro atoms. The van der Waals surface area contributed by atoms with E-state index in [9.17, 15) is 13.2 Å². The van der Waals surface area contributed by atoms with Crippen LogP contribution in [0.25, 0.3) is 0 Å². The van der Waals surface area contributed by atoms with E-state index in [0.717, 1.165) is 4.31 Å². The average molecular weight is 368 g/mol. The predicted octanol–water partition coefficient (Wildman–Crippen LogP) is 2.28. The Hall–Kier alpha value is -0.660. The van der Waals surface area contributed by atoms with Gasteiger partial charge in [0.1, 0.15) is 0 Å². The second kappa shape index (κ2) is 7.27. The number of ether oxygens (including phenoxy) is 1. The van der Waals surface area contributed by atoms with Crippen LogP contribution in [0.2, 0.25) is 0 Å². The molecule has 124 valence electrons. The summed E-state index contributed by atoms with van der Waals surface area (Å²) in [7, 11) is -1.21. The van der Waals surface area contributed by atoms with Crippen LogP contribution in [-0.2, 0) is 19.6 Å². The van der Waals surface area contributed by atoms with Gasteiger partial charge >= 0.3 is 0 Å². The Bertz CT molecular complexity index is 627. The summed E-state index contributed by atoms with van der Waals surface area (Å²) in [4.78, 5) is 11.6. The summed E-state index contributed by atoms with van der Waals surface area (Å²) in [5.41, 5.74) is 0.0845. The minimum atomic E-state index is -4.06. The van der Waals surface area contributed by atoms with E-state index < -0.39 is 20.1 Å². The first-order chi connectivity index (χ1) is 10.1. The summed E-state index contributed by atoms with van der Waals surface area (Å²) in [5.74, 6) is -1.29. The quantitative estimate of drug-likeness (QED) is 0.511. The molecule has 0 aromatic heterocycles. The summed E-state index contributed by atoms with van der Waals surface area (Å²) in [6, 6.07) is 0. The van der Waals surface area contributed by atoms with Crippen LogP contribution in [0, 0.1) is 5.92 Å². The maximum atomic E-state index is 12.9. The molecular formula is C14H19Cl2NO4S. The molecule has 2 atom stereocenters. The van der Waals surface area contributed by atoms with Gasteiger partial charge in [-0.15, -0.1) is 0 Å². The number of carbonyl (C=O) groups excluding carboxylic acids is 1. The molecule has 0 amide bonds. The number of rotatable bonds is 7. The number of hydrogen-bond acceptors (Lipinski definition) is 4. The van der Waals surface area contributed by atoms with Crippen LogP contribution in [0.3, 0.4) is 0 Å². The Balaban J connectivity index is 3.35. The highest BCUT2D eigenvalue weighted by Crippen LogP contribution is 2.47. The zero-order valence-electron chi connectivity index (χ0n) is 12.7. The molecule has 2 unspecified atom stereocenters. The van der Waals surface area contributed by atoms with Crippen LogP contribution in [0.5, 0.6) is 0 Å². The van der Waals surface area contributed by atoms with Crippen LogP contribution >= 0.6 is 23.2 Å². The molecule has 0 saturated heterocycles. The third-order valence-corrected chi connectivity index (χ3v) is 7.38. The fourth-order valence-electron chi connectivity index (χ4n) is 2.05. The van der Waals surface area contributed by atoms with E-state index in [1.807, 2.05) is 0 Å². The number of nitrogens with zero attached hydrogens (tertiary/aromatic N) is 1. The van der Waals surface area contributed by atoms with Gasteiger partial charge in [-0.2, -0.15) is 0 Å². The van der Waals surface area contributed by atoms with Gasteiger partial charge in [-0.25, -0.2) is 12.7 Å². The number of likely N-dealkylation sites (N-methyl/N-ethyl adjacent to an activating group) is 1. The third-order valence-electron chi connectivity index (χ3n) is 3.50. The van der Waals surface area contributed by atoms with Crippen LogP contribution in [0.4, 0.5) is 0 Å². The van der Waals surface area contributed by atoms with Crippen molar-refractivity contribution in [3.05, 3.63) is 35.4 Å². The Labute approximate surface area is 141 Å². The highest BCUT2D eigenvalue weighted by atomic mass is 35.5. The van der Waals surface area contributed by atoms with Gasteiger partial charge in [-0.1, -0.05) is 41.9 Å². The van der Waals surface area contributed by atoms with Gasteiger partial charge in [0.15, 0.2) is 5.78 Å². The normalized spacial score (nSPS) is 25.2. The Morgan fingerprint density at radius 2 is 2.14 bits per heavy atom. The summed E-state index contributed by atoms with van der Waals surface area (Å²) in [6.45, 7) is 5.29. The van der Waals surface area contributed by atoms with Crippen molar-refractivity contribution in [1.29, 1.82) is 0 Å². The molecule has 22 heavy (non-hydrogen) atoms. The van der Waals surface area contributed by atoms with Gasteiger partial charge in [0.2, 0.25) is 14.2 Å². The lowest BCUT2D eigenvalue weighted by atomic mass is 9.90. The highest BCUT2D eigenvalue weighted by Gasteiger charge is 2.54. The third kappa shape index (κ3) is 3.31. The fourth-order valence-corrected chi connectivity index (χ4v) is 4.78. The number of carbonyl (C=O) groups is 1. The molecule has 1 rings (SSSR count). The van der Waals surface area contributed by atoms with Crippen molar-refractivity contribution in [2.45, 2.75) is 11.1 Å². The zero-order valence-corrected chi connectivity index (χ0v) is 15.0. The summed E-state index contributed by atoms with van der Waals surface area (Å²) >= 11 is 12.6. The second-order valence-electron chi connectivity index (χ2n) is 4.92. The average Bonchev–Trinajstić information content (AvgIpc) is 2.46. The molecule has 1 aliphatic rings. The zero-order chi connectivity index (χ0) is 17.1. The molecule has 0 heterocycles. The molecule has 0 fully saturated rings. The lowest BCUT2D eigenvalue weighted by Crippen LogP contribution is -2.50. The van der Waals surface area contributed by atoms with E-state index in [1.54, 1.807) is 6.08 Å². The van der Waals surface area contributed by atoms with E-state index >= 15 is 0 Å². The fraction of sp³-hybridized carbons (Fsp3) is 0.500. The monoisotopic (exact) mass is 367 g/mol. The van der Waals surface area contributed by atoms with Crippen LogP contribution < -0.4 is 0 Å². The van der Waals surface area contributed by atoms with Crippen molar-refractivity contribution in [2.24, 2.45) is 5.92 Å². The first kappa shape index (κ1) is 19.4. The Morgan fingerprint density at radius 1 is 1.55 bits per heavy atom. The summed E-state index contributed by atoms with van der Waals surface area (Å²) < 4.78 is 29.7. The number of halogens is 2. The topological polar surface area (TPSA) is 63.7 Å². The van der Waals surface area contributed by atoms with Crippen molar-refractivity contribution in [1.82, 2.24) is 4.31 Å². The molecule has 8 heteroatoms. The Morgan fingerprint density at radius 3 is 2.64 bits per heavy atom. The molecular weight excluding hydrogens is 349 g/mol. The number of Topliss-reactive ketones (excluding diaryl/α,β-unsaturated/α-hetero) is 1. The van der Waals surface area contributed by atoms with Crippen molar-refractivity contribution in [2.75, 3.05) is 27.3 Å². The minimum Gasteiger partial charge on any atom is -0.383 e. The number of ketones is 1. The van der Waals surface area contributed by atoms with Gasteiger partial charge in [0.25, 0.3) is 0 Å². The summed E-state index contributed by atoms with van der Waals surface area (Å²) in [6.07, 6.45) is 4.48. The molecule has 0 aliphatic heterocycles. The van der Waals surface area contributed by atoms with E-state index in [0.29, 0.717) is 0 Å². The molecule has 0 bridgehead atoms. The molecule has 0 radical (unpaired) electrons. The van der Waals surface area contributed by atoms with E-state index in [-0.39, 0.29) is 29.5 Å². The highest BCUT2D eigenvalue weighted by molar-refractivity contribution is 7.92. The van der Waals surface area contributed by atoms with Crippen molar-refractivity contribution in [3.8, 4) is 0 Å². The summed E-state index contributed by atoms with van der Waals surface area (Å²) in [5, 5.41) is -0.0756. The molecule has 0 aromatic rings.